The van der Waals surface area contributed by atoms with Crippen molar-refractivity contribution in [2.45, 2.75) is 19.4 Å². The number of rotatable bonds is 7. The van der Waals surface area contributed by atoms with E-state index in [9.17, 15) is 24.5 Å². The van der Waals surface area contributed by atoms with Gasteiger partial charge in [-0.2, -0.15) is 0 Å². The lowest BCUT2D eigenvalue weighted by molar-refractivity contribution is -0.384. The first kappa shape index (κ1) is 23.4. The van der Waals surface area contributed by atoms with E-state index in [4.69, 9.17) is 4.74 Å². The van der Waals surface area contributed by atoms with E-state index in [1.807, 2.05) is 6.92 Å². The molecule has 0 bridgehead atoms. The minimum Gasteiger partial charge on any atom is -0.492 e. The second-order valence-corrected chi connectivity index (χ2v) is 7.68. The Morgan fingerprint density at radius 3 is 2.46 bits per heavy atom. The van der Waals surface area contributed by atoms with Crippen LogP contribution < -0.4 is 20.3 Å². The first-order chi connectivity index (χ1) is 16.9. The van der Waals surface area contributed by atoms with Crippen LogP contribution in [0.25, 0.3) is 0 Å². The molecule has 10 heteroatoms. The number of ether oxygens (including phenoxy) is 1. The van der Waals surface area contributed by atoms with Gasteiger partial charge in [0.1, 0.15) is 11.8 Å². The molecule has 35 heavy (non-hydrogen) atoms. The Morgan fingerprint density at radius 1 is 1.06 bits per heavy atom. The number of nitro groups is 1. The van der Waals surface area contributed by atoms with Crippen LogP contribution >= 0.6 is 0 Å². The van der Waals surface area contributed by atoms with Crippen molar-refractivity contribution in [1.82, 2.24) is 0 Å². The molecular weight excluding hydrogens is 452 g/mol. The second-order valence-electron chi connectivity index (χ2n) is 7.68. The van der Waals surface area contributed by atoms with Crippen LogP contribution in [-0.2, 0) is 9.59 Å². The summed E-state index contributed by atoms with van der Waals surface area (Å²) in [5.74, 6) is -1.08. The highest BCUT2D eigenvalue weighted by atomic mass is 16.6. The third kappa shape index (κ3) is 4.96. The molecule has 178 valence electrons. The van der Waals surface area contributed by atoms with Gasteiger partial charge in [-0.15, -0.1) is 0 Å². The van der Waals surface area contributed by atoms with Gasteiger partial charge in [-0.25, -0.2) is 0 Å². The first-order valence-electron chi connectivity index (χ1n) is 10.9. The van der Waals surface area contributed by atoms with Gasteiger partial charge in [-0.1, -0.05) is 24.3 Å². The number of hydrogen-bond donors (Lipinski definition) is 2. The molecule has 1 unspecified atom stereocenters. The highest BCUT2D eigenvalue weighted by Crippen LogP contribution is 2.34. The van der Waals surface area contributed by atoms with Gasteiger partial charge in [0.05, 0.1) is 35.0 Å². The standard InChI is InChI=1S/C25H22N4O6/c1-2-35-22-10-6-4-8-19(22)26-23(30)15-21-24(31)27-18-7-3-5-9-20(18)28(21)25(32)16-11-13-17(14-12-16)29(33)34/h3-14,21H,2,15H2,1H3,(H,26,30)(H,27,31). The highest BCUT2D eigenvalue weighted by Gasteiger charge is 2.38. The fourth-order valence-corrected chi connectivity index (χ4v) is 3.82. The maximum absolute atomic E-state index is 13.5. The Kier molecular flexibility index (Phi) is 6.72. The molecule has 3 amide bonds. The number of benzene rings is 3. The Balaban J connectivity index is 1.64. The number of nitro benzene ring substituents is 1. The zero-order chi connectivity index (χ0) is 24.9. The van der Waals surface area contributed by atoms with Gasteiger partial charge in [-0.3, -0.25) is 29.4 Å². The summed E-state index contributed by atoms with van der Waals surface area (Å²) in [5.41, 5.74) is 1.27. The molecule has 0 aliphatic carbocycles. The molecule has 1 atom stereocenters. The third-order valence-electron chi connectivity index (χ3n) is 5.42. The van der Waals surface area contributed by atoms with Crippen molar-refractivity contribution < 1.29 is 24.0 Å². The number of carbonyl (C=O) groups excluding carboxylic acids is 3. The predicted molar refractivity (Wildman–Crippen MR) is 130 cm³/mol. The fourth-order valence-electron chi connectivity index (χ4n) is 3.82. The molecule has 3 aromatic rings. The summed E-state index contributed by atoms with van der Waals surface area (Å²) in [5, 5.41) is 16.5. The number of fused-ring (bicyclic) bond motifs is 1. The molecule has 0 aromatic heterocycles. The van der Waals surface area contributed by atoms with E-state index < -0.39 is 28.7 Å². The van der Waals surface area contributed by atoms with Gasteiger partial charge in [0, 0.05) is 17.7 Å². The zero-order valence-electron chi connectivity index (χ0n) is 18.8. The van der Waals surface area contributed by atoms with Gasteiger partial charge in [-0.05, 0) is 43.3 Å². The highest BCUT2D eigenvalue weighted by molar-refractivity contribution is 6.17. The predicted octanol–water partition coefficient (Wildman–Crippen LogP) is 3.99. The number of non-ortho nitro benzene ring substituents is 1. The number of nitrogens with one attached hydrogen (secondary N) is 2. The average Bonchev–Trinajstić information content (AvgIpc) is 2.85. The van der Waals surface area contributed by atoms with E-state index >= 15 is 0 Å². The van der Waals surface area contributed by atoms with Crippen molar-refractivity contribution >= 4 is 40.5 Å². The van der Waals surface area contributed by atoms with Crippen LogP contribution in [0.2, 0.25) is 0 Å². The monoisotopic (exact) mass is 474 g/mol. The maximum Gasteiger partial charge on any atom is 0.269 e. The van der Waals surface area contributed by atoms with E-state index in [0.717, 1.165) is 0 Å². The van der Waals surface area contributed by atoms with Gasteiger partial charge in [0.2, 0.25) is 11.8 Å². The largest absolute Gasteiger partial charge is 0.492 e. The molecule has 1 heterocycles. The Hall–Kier alpha value is -4.73. The summed E-state index contributed by atoms with van der Waals surface area (Å²) in [6.07, 6.45) is -0.320. The van der Waals surface area contributed by atoms with Crippen molar-refractivity contribution in [1.29, 1.82) is 0 Å². The van der Waals surface area contributed by atoms with E-state index in [-0.39, 0.29) is 17.7 Å². The third-order valence-corrected chi connectivity index (χ3v) is 5.42. The molecule has 1 aliphatic heterocycles. The van der Waals surface area contributed by atoms with Crippen LogP contribution in [0.15, 0.2) is 72.8 Å². The quantitative estimate of drug-likeness (QED) is 0.393. The van der Waals surface area contributed by atoms with E-state index in [1.54, 1.807) is 48.5 Å². The molecule has 0 radical (unpaired) electrons. The van der Waals surface area contributed by atoms with Gasteiger partial charge < -0.3 is 15.4 Å². The summed E-state index contributed by atoms with van der Waals surface area (Å²) >= 11 is 0. The van der Waals surface area contributed by atoms with E-state index in [1.165, 1.54) is 29.2 Å². The van der Waals surface area contributed by atoms with Crippen molar-refractivity contribution in [2.24, 2.45) is 0 Å². The van der Waals surface area contributed by atoms with E-state index in [0.29, 0.717) is 29.4 Å². The summed E-state index contributed by atoms with van der Waals surface area (Å²) in [6.45, 7) is 2.23. The van der Waals surface area contributed by atoms with Gasteiger partial charge >= 0.3 is 0 Å². The number of para-hydroxylation sites is 4. The summed E-state index contributed by atoms with van der Waals surface area (Å²) in [7, 11) is 0. The molecular formula is C25H22N4O6. The van der Waals surface area contributed by atoms with Crippen LogP contribution in [0, 0.1) is 10.1 Å². The number of anilines is 3. The van der Waals surface area contributed by atoms with Crippen LogP contribution in [0.3, 0.4) is 0 Å². The SMILES string of the molecule is CCOc1ccccc1NC(=O)CC1C(=O)Nc2ccccc2N1C(=O)c1ccc([N+](=O)[O-])cc1. The van der Waals surface area contributed by atoms with Gasteiger partial charge in [0.25, 0.3) is 11.6 Å². The summed E-state index contributed by atoms with van der Waals surface area (Å²) in [4.78, 5) is 51.1. The van der Waals surface area contributed by atoms with Crippen molar-refractivity contribution in [3.05, 3.63) is 88.5 Å². The minimum atomic E-state index is -1.15. The Bertz CT molecular complexity index is 1290. The maximum atomic E-state index is 13.5. The second kappa shape index (κ2) is 10.0. The number of nitrogens with zero attached hydrogens (tertiary/aromatic N) is 2. The van der Waals surface area contributed by atoms with Crippen LogP contribution in [0.5, 0.6) is 5.75 Å². The van der Waals surface area contributed by atoms with Crippen molar-refractivity contribution in [3.8, 4) is 5.75 Å². The molecule has 3 aromatic carbocycles. The molecule has 0 spiro atoms. The molecule has 4 rings (SSSR count). The average molecular weight is 474 g/mol. The lowest BCUT2D eigenvalue weighted by atomic mass is 10.0. The molecule has 0 fully saturated rings. The molecule has 2 N–H and O–H groups in total. The van der Waals surface area contributed by atoms with E-state index in [2.05, 4.69) is 10.6 Å². The number of hydrogen-bond acceptors (Lipinski definition) is 6. The van der Waals surface area contributed by atoms with Gasteiger partial charge in [0.15, 0.2) is 0 Å². The van der Waals surface area contributed by atoms with Crippen molar-refractivity contribution in [3.63, 3.8) is 0 Å². The smallest absolute Gasteiger partial charge is 0.269 e. The molecule has 10 nitrogen and oxygen atoms in total. The first-order valence-corrected chi connectivity index (χ1v) is 10.9. The normalized spacial score (nSPS) is 14.5. The number of carbonyl (C=O) groups is 3. The molecule has 0 saturated carbocycles. The lowest BCUT2D eigenvalue weighted by Gasteiger charge is -2.36. The summed E-state index contributed by atoms with van der Waals surface area (Å²) in [6, 6.07) is 17.6. The van der Waals surface area contributed by atoms with Crippen LogP contribution in [0.4, 0.5) is 22.7 Å². The fraction of sp³-hybridized carbons (Fsp3) is 0.160. The Labute approximate surface area is 200 Å². The number of amides is 3. The molecule has 0 saturated heterocycles. The lowest BCUT2D eigenvalue weighted by Crippen LogP contribution is -2.52. The van der Waals surface area contributed by atoms with Crippen LogP contribution in [0.1, 0.15) is 23.7 Å². The minimum absolute atomic E-state index is 0.146. The van der Waals surface area contributed by atoms with Crippen molar-refractivity contribution in [2.75, 3.05) is 22.1 Å². The zero-order valence-corrected chi connectivity index (χ0v) is 18.8. The summed E-state index contributed by atoms with van der Waals surface area (Å²) < 4.78 is 5.53. The topological polar surface area (TPSA) is 131 Å². The Morgan fingerprint density at radius 2 is 1.74 bits per heavy atom. The van der Waals surface area contributed by atoms with Crippen LogP contribution in [-0.4, -0.2) is 35.3 Å². The molecule has 1 aliphatic rings.